The minimum absolute atomic E-state index is 0.0322. The lowest BCUT2D eigenvalue weighted by molar-refractivity contribution is 0.0514. The van der Waals surface area contributed by atoms with Crippen LogP contribution in [-0.2, 0) is 22.6 Å². The molecule has 0 amide bonds. The molecule has 11 nitrogen and oxygen atoms in total. The number of nitrogens with zero attached hydrogens (tertiary/aromatic N) is 3. The van der Waals surface area contributed by atoms with E-state index in [1.165, 1.54) is 36.7 Å². The van der Waals surface area contributed by atoms with Crippen LogP contribution in [0.25, 0.3) is 0 Å². The predicted molar refractivity (Wildman–Crippen MR) is 213 cm³/mol. The van der Waals surface area contributed by atoms with Crippen molar-refractivity contribution in [3.8, 4) is 11.6 Å². The standard InChI is InChI=1S/C26H21ClFN3O4.C15H13Cl2NO3/c1-2-34-26(33)22-16-31(15-17-3-5-18(27)6-4-17)24(13-23(22)32)30-20-8-10-21(11-9-20)35-25-12-7-19(28)14-29-25;1-2-21-15(20)12-9-18(14(17)7-13(12)19)8-10-3-5-11(16)6-4-10/h3-14,16,30H,2,15H2,1H3;3-7,9H,2,8H2,1H3. The summed E-state index contributed by atoms with van der Waals surface area (Å²) < 4.78 is 31.9. The van der Waals surface area contributed by atoms with Crippen molar-refractivity contribution in [1.82, 2.24) is 14.1 Å². The highest BCUT2D eigenvalue weighted by Gasteiger charge is 2.16. The molecule has 3 aromatic carbocycles. The van der Waals surface area contributed by atoms with Crippen LogP contribution in [0.15, 0.2) is 125 Å². The molecule has 0 fully saturated rings. The lowest BCUT2D eigenvalue weighted by atomic mass is 10.2. The van der Waals surface area contributed by atoms with Crippen LogP contribution in [0, 0.1) is 5.82 Å². The Morgan fingerprint density at radius 1 is 0.696 bits per heavy atom. The van der Waals surface area contributed by atoms with Gasteiger partial charge in [-0.3, -0.25) is 9.59 Å². The Balaban J connectivity index is 0.000000244. The predicted octanol–water partition coefficient (Wildman–Crippen LogP) is 9.18. The van der Waals surface area contributed by atoms with E-state index in [0.717, 1.165) is 17.3 Å². The molecule has 3 heterocycles. The van der Waals surface area contributed by atoms with Crippen molar-refractivity contribution in [1.29, 1.82) is 0 Å². The number of nitrogens with one attached hydrogen (secondary N) is 1. The van der Waals surface area contributed by atoms with Crippen molar-refractivity contribution in [3.05, 3.63) is 179 Å². The second-order valence-corrected chi connectivity index (χ2v) is 13.1. The third-order valence-corrected chi connectivity index (χ3v) is 8.61. The normalized spacial score (nSPS) is 10.5. The van der Waals surface area contributed by atoms with Crippen LogP contribution >= 0.6 is 34.8 Å². The Morgan fingerprint density at radius 3 is 1.73 bits per heavy atom. The third-order valence-electron chi connectivity index (χ3n) is 7.78. The maximum atomic E-state index is 13.0. The fraction of sp³-hybridized carbons (Fsp3) is 0.146. The summed E-state index contributed by atoms with van der Waals surface area (Å²) in [5.74, 6) is -0.527. The number of carbonyl (C=O) groups excluding carboxylic acids is 2. The molecule has 288 valence electrons. The topological polar surface area (TPSA) is 131 Å². The molecule has 6 aromatic rings. The maximum absolute atomic E-state index is 13.0. The Hall–Kier alpha value is -5.95. The van der Waals surface area contributed by atoms with Gasteiger partial charge in [-0.05, 0) is 79.6 Å². The first kappa shape index (κ1) is 41.2. The molecule has 0 aliphatic rings. The van der Waals surface area contributed by atoms with Gasteiger partial charge < -0.3 is 28.7 Å². The van der Waals surface area contributed by atoms with Gasteiger partial charge in [0.15, 0.2) is 10.9 Å². The van der Waals surface area contributed by atoms with Gasteiger partial charge in [0, 0.05) is 59.4 Å². The van der Waals surface area contributed by atoms with Gasteiger partial charge in [-0.25, -0.2) is 19.0 Å². The van der Waals surface area contributed by atoms with Gasteiger partial charge in [-0.15, -0.1) is 0 Å². The van der Waals surface area contributed by atoms with Gasteiger partial charge >= 0.3 is 11.9 Å². The van der Waals surface area contributed by atoms with Gasteiger partial charge in [0.25, 0.3) is 0 Å². The maximum Gasteiger partial charge on any atom is 0.343 e. The van der Waals surface area contributed by atoms with E-state index in [-0.39, 0.29) is 35.4 Å². The van der Waals surface area contributed by atoms with Crippen LogP contribution in [0.2, 0.25) is 15.2 Å². The Bertz CT molecular complexity index is 2400. The van der Waals surface area contributed by atoms with Crippen LogP contribution in [0.5, 0.6) is 11.6 Å². The van der Waals surface area contributed by atoms with Crippen LogP contribution in [-0.4, -0.2) is 39.3 Å². The minimum atomic E-state index is -0.676. The number of benzene rings is 3. The van der Waals surface area contributed by atoms with Crippen LogP contribution in [0.1, 0.15) is 45.7 Å². The summed E-state index contributed by atoms with van der Waals surface area (Å²) >= 11 is 17.9. The summed E-state index contributed by atoms with van der Waals surface area (Å²) in [5, 5.41) is 4.70. The zero-order chi connectivity index (χ0) is 40.2. The van der Waals surface area contributed by atoms with Crippen LogP contribution < -0.4 is 20.9 Å². The Kier molecular flexibility index (Phi) is 14.4. The molecular weight excluding hydrogens is 786 g/mol. The van der Waals surface area contributed by atoms with Crippen molar-refractivity contribution in [2.45, 2.75) is 26.9 Å². The first-order chi connectivity index (χ1) is 26.9. The van der Waals surface area contributed by atoms with E-state index < -0.39 is 28.6 Å². The number of hydrogen-bond acceptors (Lipinski definition) is 9. The molecule has 0 bridgehead atoms. The summed E-state index contributed by atoms with van der Waals surface area (Å²) in [6, 6.07) is 26.7. The van der Waals surface area contributed by atoms with Gasteiger partial charge in [0.2, 0.25) is 5.88 Å². The summed E-state index contributed by atoms with van der Waals surface area (Å²) in [6.07, 6.45) is 3.97. The molecule has 0 saturated carbocycles. The minimum Gasteiger partial charge on any atom is -0.462 e. The Labute approximate surface area is 335 Å². The molecule has 1 N–H and O–H groups in total. The summed E-state index contributed by atoms with van der Waals surface area (Å²) in [5.41, 5.74) is 1.55. The zero-order valence-electron chi connectivity index (χ0n) is 30.0. The fourth-order valence-electron chi connectivity index (χ4n) is 5.08. The fourth-order valence-corrected chi connectivity index (χ4v) is 5.54. The molecule has 0 radical (unpaired) electrons. The van der Waals surface area contributed by atoms with Crippen molar-refractivity contribution in [2.24, 2.45) is 0 Å². The lowest BCUT2D eigenvalue weighted by Crippen LogP contribution is -2.21. The first-order valence-electron chi connectivity index (χ1n) is 17.1. The highest BCUT2D eigenvalue weighted by molar-refractivity contribution is 6.31. The van der Waals surface area contributed by atoms with E-state index in [1.54, 1.807) is 71.5 Å². The largest absolute Gasteiger partial charge is 0.462 e. The first-order valence-corrected chi connectivity index (χ1v) is 18.2. The quantitative estimate of drug-likeness (QED) is 0.0949. The monoisotopic (exact) mass is 818 g/mol. The Morgan fingerprint density at radius 2 is 1.21 bits per heavy atom. The van der Waals surface area contributed by atoms with E-state index in [9.17, 15) is 23.6 Å². The second-order valence-electron chi connectivity index (χ2n) is 11.8. The molecule has 56 heavy (non-hydrogen) atoms. The molecule has 6 rings (SSSR count). The molecular formula is C41H34Cl3FN4O7. The van der Waals surface area contributed by atoms with Crippen molar-refractivity contribution in [3.63, 3.8) is 0 Å². The SMILES string of the molecule is CCOC(=O)c1cn(Cc2ccc(Cl)cc2)c(Cl)cc1=O.CCOC(=O)c1cn(Cc2ccc(Cl)cc2)c(Nc2ccc(Oc3ccc(F)cn3)cc2)cc1=O. The van der Waals surface area contributed by atoms with Gasteiger partial charge in [-0.1, -0.05) is 59.1 Å². The molecule has 0 saturated heterocycles. The molecule has 15 heteroatoms. The van der Waals surface area contributed by atoms with E-state index in [2.05, 4.69) is 10.3 Å². The molecule has 0 unspecified atom stereocenters. The molecule has 0 aliphatic carbocycles. The number of carbonyl (C=O) groups is 2. The number of aromatic nitrogens is 3. The molecule has 0 spiro atoms. The average molecular weight is 820 g/mol. The number of halogens is 4. The lowest BCUT2D eigenvalue weighted by Gasteiger charge is -2.17. The van der Waals surface area contributed by atoms with Crippen molar-refractivity contribution >= 4 is 58.2 Å². The smallest absolute Gasteiger partial charge is 0.343 e. The number of ether oxygens (including phenoxy) is 3. The number of pyridine rings is 3. The molecule has 0 atom stereocenters. The molecule has 3 aromatic heterocycles. The van der Waals surface area contributed by atoms with Crippen molar-refractivity contribution in [2.75, 3.05) is 18.5 Å². The number of rotatable bonds is 12. The third kappa shape index (κ3) is 11.5. The zero-order valence-corrected chi connectivity index (χ0v) is 32.3. The van der Waals surface area contributed by atoms with Gasteiger partial charge in [0.05, 0.1) is 19.4 Å². The van der Waals surface area contributed by atoms with Gasteiger partial charge in [-0.2, -0.15) is 0 Å². The summed E-state index contributed by atoms with van der Waals surface area (Å²) in [6.45, 7) is 4.53. The molecule has 0 aliphatic heterocycles. The van der Waals surface area contributed by atoms with E-state index in [4.69, 9.17) is 49.0 Å². The number of esters is 2. The van der Waals surface area contributed by atoms with E-state index in [0.29, 0.717) is 40.4 Å². The van der Waals surface area contributed by atoms with E-state index in [1.807, 2.05) is 24.3 Å². The van der Waals surface area contributed by atoms with Crippen molar-refractivity contribution < 1.29 is 28.2 Å². The van der Waals surface area contributed by atoms with Crippen LogP contribution in [0.4, 0.5) is 15.9 Å². The number of hydrogen-bond donors (Lipinski definition) is 1. The van der Waals surface area contributed by atoms with Gasteiger partial charge in [0.1, 0.15) is 33.7 Å². The van der Waals surface area contributed by atoms with Crippen LogP contribution in [0.3, 0.4) is 0 Å². The second kappa shape index (κ2) is 19.6. The number of anilines is 2. The summed E-state index contributed by atoms with van der Waals surface area (Å²) in [4.78, 5) is 52.3. The highest BCUT2D eigenvalue weighted by atomic mass is 35.5. The average Bonchev–Trinajstić information content (AvgIpc) is 3.17. The summed E-state index contributed by atoms with van der Waals surface area (Å²) in [7, 11) is 0. The highest BCUT2D eigenvalue weighted by Crippen LogP contribution is 2.24. The van der Waals surface area contributed by atoms with E-state index >= 15 is 0 Å².